The first kappa shape index (κ1) is 12.6. The Morgan fingerprint density at radius 3 is 3.00 bits per heavy atom. The number of rotatable bonds is 3. The molecule has 1 aromatic carbocycles. The highest BCUT2D eigenvalue weighted by Gasteiger charge is 2.30. The second kappa shape index (κ2) is 5.27. The number of halogens is 2. The zero-order valence-corrected chi connectivity index (χ0v) is 11.1. The van der Waals surface area contributed by atoms with Crippen molar-refractivity contribution < 1.29 is 4.39 Å². The fraction of sp³-hybridized carbons (Fsp3) is 0.267. The van der Waals surface area contributed by atoms with E-state index in [-0.39, 0.29) is 17.2 Å². The topological polar surface area (TPSA) is 24.9 Å². The number of pyridine rings is 1. The molecule has 0 aliphatic heterocycles. The van der Waals surface area contributed by atoms with Crippen LogP contribution in [0.25, 0.3) is 0 Å². The number of hydrogen-bond donors (Lipinski definition) is 1. The van der Waals surface area contributed by atoms with Crippen LogP contribution < -0.4 is 5.32 Å². The lowest BCUT2D eigenvalue weighted by Gasteiger charge is -2.17. The van der Waals surface area contributed by atoms with Crippen LogP contribution in [-0.2, 0) is 13.0 Å². The van der Waals surface area contributed by atoms with E-state index < -0.39 is 0 Å². The van der Waals surface area contributed by atoms with Crippen LogP contribution in [-0.4, -0.2) is 10.4 Å². The van der Waals surface area contributed by atoms with Gasteiger partial charge in [-0.25, -0.2) is 4.39 Å². The van der Waals surface area contributed by atoms with Gasteiger partial charge in [-0.3, -0.25) is 4.98 Å². The third-order valence-corrected chi connectivity index (χ3v) is 3.86. The lowest BCUT2D eigenvalue weighted by atomic mass is 10.1. The molecule has 2 unspecified atom stereocenters. The molecule has 2 nitrogen and oxygen atoms in total. The largest absolute Gasteiger partial charge is 0.305 e. The molecule has 0 fully saturated rings. The van der Waals surface area contributed by atoms with E-state index in [1.807, 2.05) is 12.1 Å². The number of nitrogens with one attached hydrogen (secondary N) is 1. The maximum absolute atomic E-state index is 13.1. The molecule has 4 heteroatoms. The van der Waals surface area contributed by atoms with Gasteiger partial charge in [-0.1, -0.05) is 24.3 Å². The molecule has 0 amide bonds. The molecule has 0 saturated carbocycles. The molecular weight excluding hydrogens is 263 g/mol. The fourth-order valence-electron chi connectivity index (χ4n) is 2.56. The Balaban J connectivity index is 1.74. The van der Waals surface area contributed by atoms with Gasteiger partial charge in [-0.2, -0.15) is 0 Å². The standard InChI is InChI=1S/C15H14ClFN2/c16-14-6-11-3-1-2-4-13(11)15(14)19-8-10-5-12(17)9-18-7-10/h1-5,7,9,14-15,19H,6,8H2. The molecule has 0 radical (unpaired) electrons. The summed E-state index contributed by atoms with van der Waals surface area (Å²) in [7, 11) is 0. The average molecular weight is 277 g/mol. The van der Waals surface area contributed by atoms with Gasteiger partial charge in [0.15, 0.2) is 0 Å². The van der Waals surface area contributed by atoms with E-state index in [9.17, 15) is 4.39 Å². The van der Waals surface area contributed by atoms with Crippen LogP contribution >= 0.6 is 11.6 Å². The van der Waals surface area contributed by atoms with E-state index in [1.54, 1.807) is 6.20 Å². The Hall–Kier alpha value is -1.45. The molecule has 19 heavy (non-hydrogen) atoms. The van der Waals surface area contributed by atoms with Crippen molar-refractivity contribution in [2.45, 2.75) is 24.4 Å². The van der Waals surface area contributed by atoms with Crippen LogP contribution in [0.3, 0.4) is 0 Å². The van der Waals surface area contributed by atoms with Crippen LogP contribution in [0.15, 0.2) is 42.7 Å². The van der Waals surface area contributed by atoms with Crippen LogP contribution in [0.2, 0.25) is 0 Å². The van der Waals surface area contributed by atoms with Crippen molar-refractivity contribution in [2.24, 2.45) is 0 Å². The van der Waals surface area contributed by atoms with Crippen LogP contribution in [0.1, 0.15) is 22.7 Å². The summed E-state index contributed by atoms with van der Waals surface area (Å²) in [5.41, 5.74) is 3.36. The van der Waals surface area contributed by atoms with Gasteiger partial charge in [0.05, 0.1) is 11.6 Å². The van der Waals surface area contributed by atoms with Crippen LogP contribution in [0, 0.1) is 5.82 Å². The fourth-order valence-corrected chi connectivity index (χ4v) is 2.96. The summed E-state index contributed by atoms with van der Waals surface area (Å²) in [6.07, 6.45) is 3.75. The molecule has 98 valence electrons. The Kier molecular flexibility index (Phi) is 3.49. The van der Waals surface area contributed by atoms with Crippen molar-refractivity contribution in [3.63, 3.8) is 0 Å². The van der Waals surface area contributed by atoms with Gasteiger partial charge < -0.3 is 5.32 Å². The Bertz CT molecular complexity index is 588. The van der Waals surface area contributed by atoms with E-state index in [2.05, 4.69) is 22.4 Å². The minimum atomic E-state index is -0.312. The molecule has 0 saturated heterocycles. The molecule has 2 atom stereocenters. The highest BCUT2D eigenvalue weighted by molar-refractivity contribution is 6.21. The van der Waals surface area contributed by atoms with E-state index in [0.717, 1.165) is 12.0 Å². The second-order valence-electron chi connectivity index (χ2n) is 4.79. The van der Waals surface area contributed by atoms with Gasteiger partial charge in [0.25, 0.3) is 0 Å². The van der Waals surface area contributed by atoms with E-state index in [0.29, 0.717) is 6.54 Å². The van der Waals surface area contributed by atoms with Crippen LogP contribution in [0.5, 0.6) is 0 Å². The Morgan fingerprint density at radius 2 is 2.16 bits per heavy atom. The quantitative estimate of drug-likeness (QED) is 0.871. The van der Waals surface area contributed by atoms with E-state index in [1.165, 1.54) is 23.4 Å². The van der Waals surface area contributed by atoms with Gasteiger partial charge in [0.1, 0.15) is 5.82 Å². The SMILES string of the molecule is Fc1cncc(CNC2c3ccccc3CC2Cl)c1. The summed E-state index contributed by atoms with van der Waals surface area (Å²) in [6.45, 7) is 0.562. The van der Waals surface area contributed by atoms with Crippen molar-refractivity contribution in [3.8, 4) is 0 Å². The average Bonchev–Trinajstić information content (AvgIpc) is 2.72. The number of hydrogen-bond acceptors (Lipinski definition) is 2. The molecule has 2 aromatic rings. The Morgan fingerprint density at radius 1 is 1.32 bits per heavy atom. The number of fused-ring (bicyclic) bond motifs is 1. The molecule has 0 spiro atoms. The Labute approximate surface area is 116 Å². The van der Waals surface area contributed by atoms with E-state index in [4.69, 9.17) is 11.6 Å². The monoisotopic (exact) mass is 276 g/mol. The third-order valence-electron chi connectivity index (χ3n) is 3.45. The first-order valence-corrected chi connectivity index (χ1v) is 6.72. The number of alkyl halides is 1. The first-order chi connectivity index (χ1) is 9.24. The molecular formula is C15H14ClFN2. The summed E-state index contributed by atoms with van der Waals surface area (Å²) in [4.78, 5) is 3.84. The number of benzene rings is 1. The van der Waals surface area contributed by atoms with Crippen LogP contribution in [0.4, 0.5) is 4.39 Å². The van der Waals surface area contributed by atoms with E-state index >= 15 is 0 Å². The van der Waals surface area contributed by atoms with Gasteiger partial charge >= 0.3 is 0 Å². The van der Waals surface area contributed by atoms with Crippen molar-refractivity contribution in [2.75, 3.05) is 0 Å². The van der Waals surface area contributed by atoms with Gasteiger partial charge in [0, 0.05) is 18.8 Å². The van der Waals surface area contributed by atoms with Crippen molar-refractivity contribution in [3.05, 3.63) is 65.2 Å². The number of nitrogens with zero attached hydrogens (tertiary/aromatic N) is 1. The van der Waals surface area contributed by atoms with Gasteiger partial charge in [-0.05, 0) is 29.2 Å². The molecule has 1 aliphatic rings. The maximum atomic E-state index is 13.1. The molecule has 1 aromatic heterocycles. The zero-order chi connectivity index (χ0) is 13.2. The lowest BCUT2D eigenvalue weighted by molar-refractivity contribution is 0.532. The molecule has 0 bridgehead atoms. The predicted molar refractivity (Wildman–Crippen MR) is 73.6 cm³/mol. The summed E-state index contributed by atoms with van der Waals surface area (Å²) in [5, 5.41) is 3.43. The highest BCUT2D eigenvalue weighted by Crippen LogP contribution is 2.34. The molecule has 3 rings (SSSR count). The summed E-state index contributed by atoms with van der Waals surface area (Å²) in [5.74, 6) is -0.312. The smallest absolute Gasteiger partial charge is 0.141 e. The van der Waals surface area contributed by atoms with Gasteiger partial charge in [0.2, 0.25) is 0 Å². The summed E-state index contributed by atoms with van der Waals surface area (Å²) < 4.78 is 13.1. The molecule has 1 heterocycles. The zero-order valence-electron chi connectivity index (χ0n) is 10.3. The third kappa shape index (κ3) is 2.62. The number of aromatic nitrogens is 1. The summed E-state index contributed by atoms with van der Waals surface area (Å²) >= 11 is 6.39. The second-order valence-corrected chi connectivity index (χ2v) is 5.35. The molecule has 1 aliphatic carbocycles. The minimum Gasteiger partial charge on any atom is -0.305 e. The highest BCUT2D eigenvalue weighted by atomic mass is 35.5. The minimum absolute atomic E-state index is 0.0407. The lowest BCUT2D eigenvalue weighted by Crippen LogP contribution is -2.25. The first-order valence-electron chi connectivity index (χ1n) is 6.29. The van der Waals surface area contributed by atoms with Crippen molar-refractivity contribution in [1.29, 1.82) is 0 Å². The van der Waals surface area contributed by atoms with Crippen molar-refractivity contribution >= 4 is 11.6 Å². The normalized spacial score (nSPS) is 21.4. The molecule has 1 N–H and O–H groups in total. The maximum Gasteiger partial charge on any atom is 0.141 e. The van der Waals surface area contributed by atoms with Crippen molar-refractivity contribution in [1.82, 2.24) is 10.3 Å². The summed E-state index contributed by atoms with van der Waals surface area (Å²) in [6, 6.07) is 9.86. The predicted octanol–water partition coefficient (Wildman–Crippen LogP) is 3.22. The van der Waals surface area contributed by atoms with Gasteiger partial charge in [-0.15, -0.1) is 11.6 Å².